The number of rotatable bonds is 4. The van der Waals surface area contributed by atoms with Crippen LogP contribution in [0.15, 0.2) is 160 Å². The van der Waals surface area contributed by atoms with Gasteiger partial charge in [0, 0.05) is 87.8 Å². The summed E-state index contributed by atoms with van der Waals surface area (Å²) < 4.78 is 2.44. The van der Waals surface area contributed by atoms with Gasteiger partial charge in [-0.2, -0.15) is 4.58 Å². The molecule has 3 nitrogen and oxygen atoms in total. The number of anilines is 1. The van der Waals surface area contributed by atoms with Crippen molar-refractivity contribution in [3.63, 3.8) is 0 Å². The van der Waals surface area contributed by atoms with Gasteiger partial charge >= 0.3 is 0 Å². The first-order valence-electron chi connectivity index (χ1n) is 16.7. The number of benzene rings is 2. The fraction of sp³-hybridized carbons (Fsp3) is 0.256. The topological polar surface area (TPSA) is 9.49 Å². The van der Waals surface area contributed by atoms with Crippen LogP contribution in [-0.2, 0) is 5.41 Å². The van der Waals surface area contributed by atoms with Crippen molar-refractivity contribution in [1.29, 1.82) is 0 Å². The Hall–Kier alpha value is -4.27. The van der Waals surface area contributed by atoms with Crippen LogP contribution in [0.2, 0.25) is 5.02 Å². The van der Waals surface area contributed by atoms with Gasteiger partial charge in [0.25, 0.3) is 0 Å². The number of hydrogen-bond acceptors (Lipinski definition) is 2. The summed E-state index contributed by atoms with van der Waals surface area (Å²) in [6.45, 7) is 10.8. The molecule has 3 heterocycles. The maximum absolute atomic E-state index is 6.65. The zero-order chi connectivity index (χ0) is 33.8. The Labute approximate surface area is 295 Å². The van der Waals surface area contributed by atoms with E-state index in [0.29, 0.717) is 0 Å². The molecular weight excluding hydrogens is 629 g/mol. The van der Waals surface area contributed by atoms with E-state index < -0.39 is 5.41 Å². The van der Waals surface area contributed by atoms with Gasteiger partial charge in [-0.3, -0.25) is 0 Å². The molecule has 2 aliphatic carbocycles. The van der Waals surface area contributed by atoms with Crippen molar-refractivity contribution in [1.82, 2.24) is 4.90 Å². The highest BCUT2D eigenvalue weighted by atomic mass is 35.5. The summed E-state index contributed by atoms with van der Waals surface area (Å²) in [5.41, 5.74) is 16.0. The summed E-state index contributed by atoms with van der Waals surface area (Å²) in [5, 5.41) is 1.68. The van der Waals surface area contributed by atoms with Gasteiger partial charge in [-0.25, -0.2) is 0 Å². The minimum absolute atomic E-state index is 0.137. The minimum atomic E-state index is -0.433. The summed E-state index contributed by atoms with van der Waals surface area (Å²) >= 11 is 13.2. The highest BCUT2D eigenvalue weighted by molar-refractivity contribution is 6.31. The number of para-hydroxylation sites is 1. The van der Waals surface area contributed by atoms with Gasteiger partial charge in [-0.1, -0.05) is 74.0 Å². The summed E-state index contributed by atoms with van der Waals surface area (Å²) in [7, 11) is 4.36. The lowest BCUT2D eigenvalue weighted by Crippen LogP contribution is -2.26. The van der Waals surface area contributed by atoms with E-state index in [-0.39, 0.29) is 5.41 Å². The largest absolute Gasteiger partial charge is 0.350 e. The first-order valence-corrected chi connectivity index (χ1v) is 17.5. The highest BCUT2D eigenvalue weighted by Crippen LogP contribution is 2.52. The molecule has 0 radical (unpaired) electrons. The normalized spacial score (nSPS) is 29.5. The molecule has 1 saturated carbocycles. The molecule has 1 fully saturated rings. The molecule has 0 spiro atoms. The Morgan fingerprint density at radius 3 is 2.48 bits per heavy atom. The minimum Gasteiger partial charge on any atom is -0.350 e. The van der Waals surface area contributed by atoms with Crippen molar-refractivity contribution >= 4 is 40.3 Å². The summed E-state index contributed by atoms with van der Waals surface area (Å²) in [4.78, 5) is 4.70. The lowest BCUT2D eigenvalue weighted by Gasteiger charge is -2.25. The molecule has 0 aromatic heterocycles. The van der Waals surface area contributed by atoms with Crippen molar-refractivity contribution in [3.05, 3.63) is 171 Å². The molecule has 0 bridgehead atoms. The number of fused-ring (bicyclic) bond motifs is 4. The van der Waals surface area contributed by atoms with Crippen molar-refractivity contribution in [2.24, 2.45) is 5.41 Å². The molecule has 3 aliphatic heterocycles. The number of hydrogen-bond donors (Lipinski definition) is 0. The van der Waals surface area contributed by atoms with Crippen LogP contribution < -0.4 is 4.90 Å². The van der Waals surface area contributed by atoms with Gasteiger partial charge in [-0.05, 0) is 92.3 Å². The number of likely N-dealkylation sites (N-methyl/N-ethyl adjacent to an activating group) is 1. The van der Waals surface area contributed by atoms with Crippen molar-refractivity contribution in [2.45, 2.75) is 51.9 Å². The van der Waals surface area contributed by atoms with E-state index in [9.17, 15) is 0 Å². The Kier molecular flexibility index (Phi) is 8.28. The van der Waals surface area contributed by atoms with E-state index in [4.69, 9.17) is 23.2 Å². The van der Waals surface area contributed by atoms with Crippen molar-refractivity contribution in [2.75, 3.05) is 19.0 Å². The van der Waals surface area contributed by atoms with Gasteiger partial charge in [0.15, 0.2) is 0 Å². The predicted molar refractivity (Wildman–Crippen MR) is 203 cm³/mol. The SMILES string of the molecule is C=C=C\C=C/C1=C\C2(C)\C(=C/C=C3\CCC(=CC=C4N(C)C5=C(C=C(Cl)CC5)C4(C)C)\C3=[N+]\1c1ccccc1)N(C)c1ccc(Cl)cc12. The lowest BCUT2D eigenvalue weighted by molar-refractivity contribution is -0.376. The molecule has 1 unspecified atom stereocenters. The fourth-order valence-corrected chi connectivity index (χ4v) is 8.61. The third kappa shape index (κ3) is 5.26. The van der Waals surface area contributed by atoms with Crippen LogP contribution in [0.25, 0.3) is 0 Å². The number of allylic oxidation sites excluding steroid dienone is 14. The van der Waals surface area contributed by atoms with Gasteiger partial charge in [0.2, 0.25) is 17.1 Å². The molecule has 48 heavy (non-hydrogen) atoms. The smallest absolute Gasteiger partial charge is 0.218 e. The van der Waals surface area contributed by atoms with Crippen LogP contribution in [0, 0.1) is 5.41 Å². The first-order chi connectivity index (χ1) is 23.0. The lowest BCUT2D eigenvalue weighted by atomic mass is 9.80. The van der Waals surface area contributed by atoms with E-state index >= 15 is 0 Å². The van der Waals surface area contributed by atoms with Gasteiger partial charge in [-0.15, -0.1) is 5.73 Å². The summed E-state index contributed by atoms with van der Waals surface area (Å²) in [6, 6.07) is 16.9. The Morgan fingerprint density at radius 2 is 1.71 bits per heavy atom. The zero-order valence-electron chi connectivity index (χ0n) is 28.4. The number of nitrogens with zero attached hydrogens (tertiary/aromatic N) is 3. The molecule has 5 heteroatoms. The Balaban J connectivity index is 1.48. The molecular formula is C43H42Cl2N3+. The van der Waals surface area contributed by atoms with Gasteiger partial charge in [0.1, 0.15) is 0 Å². The molecule has 7 rings (SSSR count). The fourth-order valence-electron chi connectivity index (χ4n) is 8.23. The Morgan fingerprint density at radius 1 is 0.917 bits per heavy atom. The molecule has 242 valence electrons. The standard InChI is InChI=1S/C43H42Cl2N3/c1-7-8-10-15-34-28-43(4)36-27-32(45)21-23-38(36)47(6)40(43)25-19-30-17-16-29(41(30)48(34)33-13-11-9-12-14-33)18-24-39-42(2,3)35-26-31(44)20-22-37(35)46(39)5/h8-15,18-19,21,23-28H,1,16-17,20,22H2,2-6H3/q+1/b15-10-,34-28+. The van der Waals surface area contributed by atoms with E-state index in [1.165, 1.54) is 50.8 Å². The molecule has 0 amide bonds. The third-order valence-electron chi connectivity index (χ3n) is 10.6. The van der Waals surface area contributed by atoms with Crippen molar-refractivity contribution < 1.29 is 4.58 Å². The van der Waals surface area contributed by atoms with E-state index in [1.54, 1.807) is 0 Å². The van der Waals surface area contributed by atoms with Crippen molar-refractivity contribution in [3.8, 4) is 0 Å². The monoisotopic (exact) mass is 670 g/mol. The van der Waals surface area contributed by atoms with Crippen LogP contribution >= 0.6 is 23.2 Å². The molecule has 2 aromatic carbocycles. The van der Waals surface area contributed by atoms with Crippen LogP contribution in [0.5, 0.6) is 0 Å². The predicted octanol–water partition coefficient (Wildman–Crippen LogP) is 11.2. The van der Waals surface area contributed by atoms with Crippen LogP contribution in [0.1, 0.15) is 52.0 Å². The van der Waals surface area contributed by atoms with Crippen LogP contribution in [-0.4, -0.2) is 29.3 Å². The van der Waals surface area contributed by atoms with Crippen LogP contribution in [0.3, 0.4) is 0 Å². The first kappa shape index (κ1) is 32.3. The quantitative estimate of drug-likeness (QED) is 0.182. The average molecular weight is 672 g/mol. The van der Waals surface area contributed by atoms with Crippen LogP contribution in [0.4, 0.5) is 11.4 Å². The third-order valence-corrected chi connectivity index (χ3v) is 11.2. The van der Waals surface area contributed by atoms with E-state index in [2.05, 4.69) is 147 Å². The van der Waals surface area contributed by atoms with Gasteiger partial charge < -0.3 is 9.80 Å². The molecule has 0 saturated heterocycles. The molecule has 1 atom stereocenters. The summed E-state index contributed by atoms with van der Waals surface area (Å²) in [6.07, 6.45) is 23.8. The summed E-state index contributed by atoms with van der Waals surface area (Å²) in [5.74, 6) is 0. The highest BCUT2D eigenvalue weighted by Gasteiger charge is 2.45. The van der Waals surface area contributed by atoms with Gasteiger partial charge in [0.05, 0.1) is 5.41 Å². The molecule has 5 aliphatic rings. The second-order valence-electron chi connectivity index (χ2n) is 13.9. The molecule has 2 aromatic rings. The zero-order valence-corrected chi connectivity index (χ0v) is 30.0. The second-order valence-corrected chi connectivity index (χ2v) is 14.8. The van der Waals surface area contributed by atoms with E-state index in [0.717, 1.165) is 47.1 Å². The maximum Gasteiger partial charge on any atom is 0.218 e. The Bertz CT molecular complexity index is 2050. The molecule has 0 N–H and O–H groups in total. The number of halogens is 2. The maximum atomic E-state index is 6.65. The average Bonchev–Trinajstić information content (AvgIpc) is 3.62. The van der Waals surface area contributed by atoms with E-state index in [1.807, 2.05) is 18.2 Å². The second kappa shape index (κ2) is 12.3.